The number of hydrogen-bond donors (Lipinski definition) is 3. The summed E-state index contributed by atoms with van der Waals surface area (Å²) >= 11 is 0. The van der Waals surface area contributed by atoms with Crippen molar-refractivity contribution in [1.82, 2.24) is 20.9 Å². The molecule has 3 N–H and O–H groups in total. The minimum absolute atomic E-state index is 0.0387. The van der Waals surface area contributed by atoms with Crippen LogP contribution in [0.4, 0.5) is 4.79 Å². The maximum absolute atomic E-state index is 13.9. The lowest BCUT2D eigenvalue weighted by molar-refractivity contribution is -0.142. The summed E-state index contributed by atoms with van der Waals surface area (Å²) in [6.07, 6.45) is 3.14. The van der Waals surface area contributed by atoms with Gasteiger partial charge in [-0.05, 0) is 63.4 Å². The smallest absolute Gasteiger partial charge is 0.408 e. The van der Waals surface area contributed by atoms with Gasteiger partial charge in [0.15, 0.2) is 0 Å². The van der Waals surface area contributed by atoms with Gasteiger partial charge >= 0.3 is 6.09 Å². The highest BCUT2D eigenvalue weighted by Gasteiger charge is 2.51. The Kier molecular flexibility index (Phi) is 11.4. The van der Waals surface area contributed by atoms with Crippen molar-refractivity contribution in [2.24, 2.45) is 17.8 Å². The number of nitrogens with one attached hydrogen (secondary N) is 3. The van der Waals surface area contributed by atoms with E-state index in [0.29, 0.717) is 18.5 Å². The van der Waals surface area contributed by atoms with Crippen molar-refractivity contribution in [1.29, 1.82) is 0 Å². The zero-order valence-corrected chi connectivity index (χ0v) is 25.4. The molecular weight excluding hydrogens is 520 g/mol. The number of carbonyl (C=O) groups is 4. The molecule has 2 fully saturated rings. The SMILES string of the molecule is C=C(C(=O)N[C@@H](C)c1ccccc1)C(CCC)NC(=O)[C@@H]1[C@H]2CCC[C@H]2CN1C(=O)[C@@H](NC(=O)OC(C)C)C(C)C. The Morgan fingerprint density at radius 2 is 1.68 bits per heavy atom. The molecule has 1 aromatic carbocycles. The fraction of sp³-hybridized carbons (Fsp3) is 0.625. The van der Waals surface area contributed by atoms with E-state index in [1.165, 1.54) is 0 Å². The maximum Gasteiger partial charge on any atom is 0.408 e. The molecule has 1 heterocycles. The number of hydrogen-bond acceptors (Lipinski definition) is 5. The van der Waals surface area contributed by atoms with Crippen molar-refractivity contribution >= 4 is 23.8 Å². The van der Waals surface area contributed by atoms with Gasteiger partial charge in [0.25, 0.3) is 0 Å². The first-order valence-corrected chi connectivity index (χ1v) is 15.1. The monoisotopic (exact) mass is 568 g/mol. The third-order valence-electron chi connectivity index (χ3n) is 8.24. The molecule has 9 heteroatoms. The van der Waals surface area contributed by atoms with E-state index >= 15 is 0 Å². The Labute approximate surface area is 244 Å². The van der Waals surface area contributed by atoms with Crippen LogP contribution in [0.5, 0.6) is 0 Å². The first kappa shape index (κ1) is 32.2. The Hall–Kier alpha value is -3.36. The summed E-state index contributed by atoms with van der Waals surface area (Å²) in [6.45, 7) is 15.6. The van der Waals surface area contributed by atoms with Gasteiger partial charge in [-0.25, -0.2) is 4.79 Å². The predicted octanol–water partition coefficient (Wildman–Crippen LogP) is 4.49. The minimum atomic E-state index is -0.818. The van der Waals surface area contributed by atoms with E-state index in [2.05, 4.69) is 22.5 Å². The van der Waals surface area contributed by atoms with Gasteiger partial charge in [-0.2, -0.15) is 0 Å². The van der Waals surface area contributed by atoms with Crippen molar-refractivity contribution < 1.29 is 23.9 Å². The van der Waals surface area contributed by atoms with Crippen molar-refractivity contribution in [3.8, 4) is 0 Å². The van der Waals surface area contributed by atoms with Gasteiger partial charge in [0, 0.05) is 12.1 Å². The predicted molar refractivity (Wildman–Crippen MR) is 159 cm³/mol. The molecular formula is C32H48N4O5. The second kappa shape index (κ2) is 14.5. The van der Waals surface area contributed by atoms with Crippen molar-refractivity contribution in [2.75, 3.05) is 6.54 Å². The molecule has 226 valence electrons. The maximum atomic E-state index is 13.9. The van der Waals surface area contributed by atoms with Gasteiger partial charge in [0.05, 0.1) is 18.2 Å². The number of alkyl carbamates (subject to hydrolysis) is 1. The van der Waals surface area contributed by atoms with Crippen LogP contribution in [0.15, 0.2) is 42.5 Å². The van der Waals surface area contributed by atoms with Gasteiger partial charge in [-0.15, -0.1) is 0 Å². The van der Waals surface area contributed by atoms with E-state index in [0.717, 1.165) is 31.2 Å². The molecule has 0 bridgehead atoms. The van der Waals surface area contributed by atoms with E-state index in [4.69, 9.17) is 4.74 Å². The average molecular weight is 569 g/mol. The van der Waals surface area contributed by atoms with Gasteiger partial charge in [0.1, 0.15) is 12.1 Å². The average Bonchev–Trinajstić information content (AvgIpc) is 3.52. The first-order valence-electron chi connectivity index (χ1n) is 15.1. The van der Waals surface area contributed by atoms with Crippen LogP contribution in [0.25, 0.3) is 0 Å². The Morgan fingerprint density at radius 3 is 2.29 bits per heavy atom. The van der Waals surface area contributed by atoms with E-state index in [1.807, 2.05) is 58.0 Å². The highest BCUT2D eigenvalue weighted by molar-refractivity contribution is 5.96. The summed E-state index contributed by atoms with van der Waals surface area (Å²) in [7, 11) is 0. The van der Waals surface area contributed by atoms with Gasteiger partial charge in [0.2, 0.25) is 17.7 Å². The van der Waals surface area contributed by atoms with Crippen molar-refractivity contribution in [3.63, 3.8) is 0 Å². The number of amides is 4. The Bertz CT molecular complexity index is 1090. The number of ether oxygens (including phenoxy) is 1. The van der Waals surface area contributed by atoms with Crippen LogP contribution < -0.4 is 16.0 Å². The summed E-state index contributed by atoms with van der Waals surface area (Å²) < 4.78 is 5.23. The molecule has 2 aliphatic rings. The molecule has 4 amide bonds. The molecule has 0 aromatic heterocycles. The summed E-state index contributed by atoms with van der Waals surface area (Å²) in [5, 5.41) is 8.80. The van der Waals surface area contributed by atoms with Crippen LogP contribution >= 0.6 is 0 Å². The molecule has 1 saturated carbocycles. The molecule has 1 unspecified atom stereocenters. The second-order valence-electron chi connectivity index (χ2n) is 12.1. The van der Waals surface area contributed by atoms with Gasteiger partial charge in [-0.1, -0.05) is 70.5 Å². The lowest BCUT2D eigenvalue weighted by atomic mass is 9.92. The fourth-order valence-corrected chi connectivity index (χ4v) is 6.09. The normalized spacial score (nSPS) is 22.0. The Morgan fingerprint density at radius 1 is 1.00 bits per heavy atom. The van der Waals surface area contributed by atoms with Crippen LogP contribution in [0.3, 0.4) is 0 Å². The van der Waals surface area contributed by atoms with E-state index < -0.39 is 24.2 Å². The van der Waals surface area contributed by atoms with Gasteiger partial charge in [-0.3, -0.25) is 14.4 Å². The van der Waals surface area contributed by atoms with E-state index in [-0.39, 0.29) is 47.6 Å². The van der Waals surface area contributed by atoms with Crippen LogP contribution in [0.1, 0.15) is 85.3 Å². The standard InChI is InChI=1S/C32H48N4O5/c1-8-13-26(21(6)29(37)33-22(7)23-14-10-9-11-15-23)34-30(38)28-25-17-12-16-24(25)18-36(28)31(39)27(19(2)3)35-32(40)41-20(4)5/h9-11,14-15,19-20,22,24-28H,6,8,12-13,16-18H2,1-5,7H3,(H,33,37)(H,34,38)(H,35,40)/t22-,24-,25-,26?,27-,28-/m0/s1. The second-order valence-corrected chi connectivity index (χ2v) is 12.1. The summed E-state index contributed by atoms with van der Waals surface area (Å²) in [4.78, 5) is 55.0. The highest BCUT2D eigenvalue weighted by Crippen LogP contribution is 2.42. The molecule has 41 heavy (non-hydrogen) atoms. The number of benzene rings is 1. The number of nitrogens with zero attached hydrogens (tertiary/aromatic N) is 1. The third-order valence-corrected chi connectivity index (χ3v) is 8.24. The molecule has 1 aliphatic carbocycles. The van der Waals surface area contributed by atoms with Crippen LogP contribution in [-0.2, 0) is 19.1 Å². The van der Waals surface area contributed by atoms with Crippen LogP contribution in [0, 0.1) is 17.8 Å². The fourth-order valence-electron chi connectivity index (χ4n) is 6.09. The van der Waals surface area contributed by atoms with Gasteiger partial charge < -0.3 is 25.6 Å². The number of rotatable bonds is 12. The quantitative estimate of drug-likeness (QED) is 0.321. The Balaban J connectivity index is 1.76. The zero-order chi connectivity index (χ0) is 30.3. The van der Waals surface area contributed by atoms with E-state index in [9.17, 15) is 19.2 Å². The van der Waals surface area contributed by atoms with Crippen LogP contribution in [0.2, 0.25) is 0 Å². The third kappa shape index (κ3) is 8.11. The molecule has 1 saturated heterocycles. The first-order chi connectivity index (χ1) is 19.4. The van der Waals surface area contributed by atoms with Crippen molar-refractivity contribution in [2.45, 2.75) is 104 Å². The minimum Gasteiger partial charge on any atom is -0.447 e. The molecule has 9 nitrogen and oxygen atoms in total. The summed E-state index contributed by atoms with van der Waals surface area (Å²) in [5.74, 6) is -0.802. The molecule has 3 rings (SSSR count). The zero-order valence-electron chi connectivity index (χ0n) is 25.4. The molecule has 0 spiro atoms. The lowest BCUT2D eigenvalue weighted by Crippen LogP contribution is -2.57. The number of fused-ring (bicyclic) bond motifs is 1. The highest BCUT2D eigenvalue weighted by atomic mass is 16.6. The largest absolute Gasteiger partial charge is 0.447 e. The molecule has 0 radical (unpaired) electrons. The number of carbonyl (C=O) groups excluding carboxylic acids is 4. The van der Waals surface area contributed by atoms with Crippen LogP contribution in [-0.4, -0.2) is 59.5 Å². The van der Waals surface area contributed by atoms with Crippen molar-refractivity contribution in [3.05, 3.63) is 48.0 Å². The lowest BCUT2D eigenvalue weighted by Gasteiger charge is -2.33. The summed E-state index contributed by atoms with van der Waals surface area (Å²) in [6, 6.07) is 7.40. The molecule has 6 atom stereocenters. The molecule has 1 aliphatic heterocycles. The summed E-state index contributed by atoms with van der Waals surface area (Å²) in [5.41, 5.74) is 1.27. The molecule has 1 aromatic rings. The number of likely N-dealkylation sites (tertiary alicyclic amines) is 1. The van der Waals surface area contributed by atoms with E-state index in [1.54, 1.807) is 18.7 Å². The topological polar surface area (TPSA) is 117 Å².